The quantitative estimate of drug-likeness (QED) is 0.793. The fourth-order valence-electron chi connectivity index (χ4n) is 2.12. The zero-order valence-electron chi connectivity index (χ0n) is 13.6. The van der Waals surface area contributed by atoms with Gasteiger partial charge in [0.05, 0.1) is 0 Å². The average Bonchev–Trinajstić information content (AvgIpc) is 2.43. The van der Waals surface area contributed by atoms with Crippen LogP contribution in [0, 0.1) is 5.92 Å². The maximum atomic E-state index is 5.41. The van der Waals surface area contributed by atoms with Crippen LogP contribution in [0.1, 0.15) is 39.9 Å². The molecule has 0 fully saturated rings. The lowest BCUT2D eigenvalue weighted by atomic mass is 10.0. The van der Waals surface area contributed by atoms with Crippen molar-refractivity contribution < 1.29 is 4.74 Å². The van der Waals surface area contributed by atoms with Crippen LogP contribution in [0.2, 0.25) is 0 Å². The molecule has 1 unspecified atom stereocenters. The highest BCUT2D eigenvalue weighted by atomic mass is 16.5. The maximum Gasteiger partial charge on any atom is 0.158 e. The molecule has 1 aromatic heterocycles. The summed E-state index contributed by atoms with van der Waals surface area (Å²) in [7, 11) is 3.95. The second kappa shape index (κ2) is 8.04. The molecule has 0 aromatic carbocycles. The predicted octanol–water partition coefficient (Wildman–Crippen LogP) is 2.93. The summed E-state index contributed by atoms with van der Waals surface area (Å²) in [4.78, 5) is 11.2. The zero-order chi connectivity index (χ0) is 15.1. The summed E-state index contributed by atoms with van der Waals surface area (Å²) in [6, 6.07) is 2.42. The van der Waals surface area contributed by atoms with Gasteiger partial charge in [0.15, 0.2) is 5.82 Å². The molecule has 0 saturated heterocycles. The lowest BCUT2D eigenvalue weighted by Gasteiger charge is -2.27. The molecule has 0 bridgehead atoms. The first-order valence-corrected chi connectivity index (χ1v) is 7.34. The van der Waals surface area contributed by atoms with Gasteiger partial charge in [-0.3, -0.25) is 0 Å². The number of rotatable bonds is 8. The lowest BCUT2D eigenvalue weighted by Crippen LogP contribution is -2.31. The molecule has 1 atom stereocenters. The molecule has 0 amide bonds. The van der Waals surface area contributed by atoms with Gasteiger partial charge in [0.25, 0.3) is 0 Å². The Morgan fingerprint density at radius 3 is 2.55 bits per heavy atom. The van der Waals surface area contributed by atoms with E-state index in [2.05, 4.69) is 48.0 Å². The van der Waals surface area contributed by atoms with Crippen LogP contribution < -0.4 is 10.2 Å². The summed E-state index contributed by atoms with van der Waals surface area (Å²) in [5.74, 6) is 3.15. The summed E-state index contributed by atoms with van der Waals surface area (Å²) in [6.07, 6.45) is 1.14. The minimum Gasteiger partial charge on any atom is -0.374 e. The van der Waals surface area contributed by atoms with E-state index in [1.165, 1.54) is 0 Å². The number of nitrogens with one attached hydrogen (secondary N) is 1. The molecule has 0 aliphatic rings. The van der Waals surface area contributed by atoms with E-state index in [0.29, 0.717) is 25.2 Å². The Morgan fingerprint density at radius 2 is 2.00 bits per heavy atom. The Balaban J connectivity index is 2.91. The highest BCUT2D eigenvalue weighted by Gasteiger charge is 2.15. The van der Waals surface area contributed by atoms with Crippen LogP contribution in [0.15, 0.2) is 6.07 Å². The van der Waals surface area contributed by atoms with E-state index >= 15 is 0 Å². The summed E-state index contributed by atoms with van der Waals surface area (Å²) in [5, 5.41) is 3.09. The van der Waals surface area contributed by atoms with Gasteiger partial charge >= 0.3 is 0 Å². The highest BCUT2D eigenvalue weighted by molar-refractivity contribution is 5.49. The van der Waals surface area contributed by atoms with E-state index in [1.807, 2.05) is 20.0 Å². The van der Waals surface area contributed by atoms with Gasteiger partial charge in [-0.15, -0.1) is 0 Å². The standard InChI is InChI=1S/C15H28N4O/c1-7-20-10-14-17-13(16-5)9-15(18-14)19(6)12(4)8-11(2)3/h9,11-12H,7-8,10H2,1-6H3,(H,16,17,18). The minimum atomic E-state index is 0.439. The molecule has 1 aromatic rings. The van der Waals surface area contributed by atoms with Gasteiger partial charge in [0.1, 0.15) is 18.2 Å². The summed E-state index contributed by atoms with van der Waals surface area (Å²) >= 11 is 0. The number of nitrogens with zero attached hydrogens (tertiary/aromatic N) is 3. The van der Waals surface area contributed by atoms with Crippen molar-refractivity contribution in [2.24, 2.45) is 5.92 Å². The predicted molar refractivity (Wildman–Crippen MR) is 84.2 cm³/mol. The van der Waals surface area contributed by atoms with E-state index in [-0.39, 0.29) is 0 Å². The zero-order valence-corrected chi connectivity index (χ0v) is 13.6. The molecule has 0 saturated carbocycles. The van der Waals surface area contributed by atoms with Crippen LogP contribution in [-0.2, 0) is 11.3 Å². The molecule has 0 aliphatic heterocycles. The van der Waals surface area contributed by atoms with Gasteiger partial charge in [-0.25, -0.2) is 9.97 Å². The van der Waals surface area contributed by atoms with E-state index < -0.39 is 0 Å². The van der Waals surface area contributed by atoms with Crippen LogP contribution in [-0.4, -0.2) is 36.7 Å². The third kappa shape index (κ3) is 4.96. The molecular weight excluding hydrogens is 252 g/mol. The molecule has 1 rings (SSSR count). The molecule has 0 spiro atoms. The van der Waals surface area contributed by atoms with Crippen molar-refractivity contribution in [1.29, 1.82) is 0 Å². The summed E-state index contributed by atoms with van der Waals surface area (Å²) in [6.45, 7) is 9.80. The first-order valence-electron chi connectivity index (χ1n) is 7.34. The molecule has 5 nitrogen and oxygen atoms in total. The molecule has 1 heterocycles. The third-order valence-electron chi connectivity index (χ3n) is 3.29. The summed E-state index contributed by atoms with van der Waals surface area (Å²) in [5.41, 5.74) is 0. The first-order chi connectivity index (χ1) is 9.47. The van der Waals surface area contributed by atoms with Crippen LogP contribution >= 0.6 is 0 Å². The Morgan fingerprint density at radius 1 is 1.30 bits per heavy atom. The SMILES string of the molecule is CCOCc1nc(NC)cc(N(C)C(C)CC(C)C)n1. The molecule has 20 heavy (non-hydrogen) atoms. The molecule has 0 radical (unpaired) electrons. The Kier molecular flexibility index (Phi) is 6.71. The third-order valence-corrected chi connectivity index (χ3v) is 3.29. The number of ether oxygens (including phenoxy) is 1. The second-order valence-electron chi connectivity index (χ2n) is 5.50. The van der Waals surface area contributed by atoms with E-state index in [0.717, 1.165) is 23.9 Å². The molecular formula is C15H28N4O. The molecule has 114 valence electrons. The van der Waals surface area contributed by atoms with Crippen molar-refractivity contribution in [1.82, 2.24) is 9.97 Å². The largest absolute Gasteiger partial charge is 0.374 e. The van der Waals surface area contributed by atoms with Crippen molar-refractivity contribution >= 4 is 11.6 Å². The molecule has 5 heteroatoms. The van der Waals surface area contributed by atoms with Crippen molar-refractivity contribution in [3.05, 3.63) is 11.9 Å². The van der Waals surface area contributed by atoms with Crippen LogP contribution in [0.25, 0.3) is 0 Å². The van der Waals surface area contributed by atoms with Crippen molar-refractivity contribution in [3.8, 4) is 0 Å². The van der Waals surface area contributed by atoms with Gasteiger partial charge in [-0.05, 0) is 26.2 Å². The molecule has 1 N–H and O–H groups in total. The maximum absolute atomic E-state index is 5.41. The van der Waals surface area contributed by atoms with Crippen molar-refractivity contribution in [2.75, 3.05) is 30.9 Å². The van der Waals surface area contributed by atoms with Gasteiger partial charge < -0.3 is 15.0 Å². The molecule has 0 aliphatic carbocycles. The topological polar surface area (TPSA) is 50.3 Å². The van der Waals surface area contributed by atoms with Crippen LogP contribution in [0.5, 0.6) is 0 Å². The average molecular weight is 280 g/mol. The van der Waals surface area contributed by atoms with E-state index in [9.17, 15) is 0 Å². The van der Waals surface area contributed by atoms with Gasteiger partial charge in [-0.2, -0.15) is 0 Å². The second-order valence-corrected chi connectivity index (χ2v) is 5.50. The summed E-state index contributed by atoms with van der Waals surface area (Å²) < 4.78 is 5.41. The smallest absolute Gasteiger partial charge is 0.158 e. The van der Waals surface area contributed by atoms with E-state index in [4.69, 9.17) is 4.74 Å². The monoisotopic (exact) mass is 280 g/mol. The van der Waals surface area contributed by atoms with E-state index in [1.54, 1.807) is 0 Å². The van der Waals surface area contributed by atoms with Crippen LogP contribution in [0.3, 0.4) is 0 Å². The van der Waals surface area contributed by atoms with Gasteiger partial charge in [-0.1, -0.05) is 13.8 Å². The Hall–Kier alpha value is -1.36. The Labute approximate surface area is 122 Å². The number of anilines is 2. The minimum absolute atomic E-state index is 0.439. The number of aromatic nitrogens is 2. The number of hydrogen-bond donors (Lipinski definition) is 1. The number of hydrogen-bond acceptors (Lipinski definition) is 5. The fraction of sp³-hybridized carbons (Fsp3) is 0.733. The van der Waals surface area contributed by atoms with Gasteiger partial charge in [0, 0.05) is 32.8 Å². The first kappa shape index (κ1) is 16.7. The lowest BCUT2D eigenvalue weighted by molar-refractivity contribution is 0.128. The van der Waals surface area contributed by atoms with Crippen molar-refractivity contribution in [2.45, 2.75) is 46.8 Å². The Bertz CT molecular complexity index is 409. The normalized spacial score (nSPS) is 12.6. The van der Waals surface area contributed by atoms with Crippen molar-refractivity contribution in [3.63, 3.8) is 0 Å². The van der Waals surface area contributed by atoms with Crippen LogP contribution in [0.4, 0.5) is 11.6 Å². The fourth-order valence-corrected chi connectivity index (χ4v) is 2.12. The van der Waals surface area contributed by atoms with Gasteiger partial charge in [0.2, 0.25) is 0 Å². The highest BCUT2D eigenvalue weighted by Crippen LogP contribution is 2.20.